The van der Waals surface area contributed by atoms with E-state index in [0.717, 1.165) is 22.8 Å². The second kappa shape index (κ2) is 5.08. The summed E-state index contributed by atoms with van der Waals surface area (Å²) in [6, 6.07) is 4.17. The molecule has 0 aromatic carbocycles. The Morgan fingerprint density at radius 2 is 2.47 bits per heavy atom. The lowest BCUT2D eigenvalue weighted by molar-refractivity contribution is 0.531. The van der Waals surface area contributed by atoms with Crippen LogP contribution in [0.3, 0.4) is 0 Å². The fourth-order valence-corrected chi connectivity index (χ4v) is 2.32. The second-order valence-electron chi connectivity index (χ2n) is 3.82. The first kappa shape index (κ1) is 11.8. The second-order valence-corrected chi connectivity index (χ2v) is 4.81. The minimum atomic E-state index is 0.134. The van der Waals surface area contributed by atoms with E-state index in [9.17, 15) is 0 Å². The minimum absolute atomic E-state index is 0.134. The third-order valence-electron chi connectivity index (χ3n) is 2.50. The average Bonchev–Trinajstić information content (AvgIpc) is 2.94. The number of aryl methyl sites for hydroxylation is 1. The molecule has 1 atom stereocenters. The molecular weight excluding hydrogens is 234 g/mol. The van der Waals surface area contributed by atoms with Crippen LogP contribution in [0.15, 0.2) is 17.8 Å². The van der Waals surface area contributed by atoms with Crippen molar-refractivity contribution in [2.75, 3.05) is 0 Å². The molecule has 0 saturated carbocycles. The molecule has 0 amide bonds. The van der Waals surface area contributed by atoms with Gasteiger partial charge in [0.15, 0.2) is 0 Å². The van der Waals surface area contributed by atoms with Gasteiger partial charge in [0.2, 0.25) is 0 Å². The lowest BCUT2D eigenvalue weighted by Gasteiger charge is -2.11. The van der Waals surface area contributed by atoms with Crippen LogP contribution in [0.25, 0.3) is 0 Å². The van der Waals surface area contributed by atoms with E-state index in [1.54, 1.807) is 17.7 Å². The molecule has 2 heterocycles. The van der Waals surface area contributed by atoms with Gasteiger partial charge in [-0.05, 0) is 13.0 Å². The van der Waals surface area contributed by atoms with Crippen LogP contribution in [0.1, 0.15) is 29.2 Å². The third-order valence-corrected chi connectivity index (χ3v) is 3.44. The van der Waals surface area contributed by atoms with Crippen molar-refractivity contribution < 1.29 is 0 Å². The van der Waals surface area contributed by atoms with Gasteiger partial charge in [-0.25, -0.2) is 0 Å². The normalized spacial score (nSPS) is 12.3. The van der Waals surface area contributed by atoms with Crippen molar-refractivity contribution in [3.05, 3.63) is 34.0 Å². The number of aromatic nitrogens is 3. The molecule has 2 aromatic heterocycles. The maximum absolute atomic E-state index is 8.73. The predicted octanol–water partition coefficient (Wildman–Crippen LogP) is 1.60. The monoisotopic (exact) mass is 247 g/mol. The number of rotatable bonds is 4. The zero-order chi connectivity index (χ0) is 12.3. The van der Waals surface area contributed by atoms with Crippen molar-refractivity contribution in [1.29, 1.82) is 5.26 Å². The van der Waals surface area contributed by atoms with E-state index in [0.29, 0.717) is 0 Å². The lowest BCUT2D eigenvalue weighted by Crippen LogP contribution is -2.20. The molecule has 0 saturated heterocycles. The van der Waals surface area contributed by atoms with Gasteiger partial charge in [-0.15, -0.1) is 21.5 Å². The van der Waals surface area contributed by atoms with Crippen LogP contribution < -0.4 is 5.32 Å². The predicted molar refractivity (Wildman–Crippen MR) is 65.3 cm³/mol. The Morgan fingerprint density at radius 1 is 1.65 bits per heavy atom. The zero-order valence-electron chi connectivity index (χ0n) is 9.71. The summed E-state index contributed by atoms with van der Waals surface area (Å²) < 4.78 is 1.90. The summed E-state index contributed by atoms with van der Waals surface area (Å²) >= 11 is 1.59. The highest BCUT2D eigenvalue weighted by atomic mass is 32.1. The third kappa shape index (κ3) is 2.70. The smallest absolute Gasteiger partial charge is 0.149 e. The summed E-state index contributed by atoms with van der Waals surface area (Å²) in [4.78, 5) is 1.15. The molecule has 5 nitrogen and oxygen atoms in total. The molecule has 0 aliphatic carbocycles. The van der Waals surface area contributed by atoms with Crippen LogP contribution in [-0.4, -0.2) is 14.8 Å². The molecule has 1 unspecified atom stereocenters. The quantitative estimate of drug-likeness (QED) is 0.891. The van der Waals surface area contributed by atoms with Gasteiger partial charge >= 0.3 is 0 Å². The van der Waals surface area contributed by atoms with Crippen molar-refractivity contribution >= 4 is 11.3 Å². The number of hydrogen-bond acceptors (Lipinski definition) is 5. The van der Waals surface area contributed by atoms with Crippen LogP contribution in [0.5, 0.6) is 0 Å². The summed E-state index contributed by atoms with van der Waals surface area (Å²) in [5, 5.41) is 21.9. The van der Waals surface area contributed by atoms with Gasteiger partial charge in [-0.2, -0.15) is 5.26 Å². The molecule has 2 aromatic rings. The van der Waals surface area contributed by atoms with E-state index < -0.39 is 0 Å². The summed E-state index contributed by atoms with van der Waals surface area (Å²) in [7, 11) is 1.92. The number of nitrogens with zero attached hydrogens (tertiary/aromatic N) is 4. The molecule has 0 spiro atoms. The van der Waals surface area contributed by atoms with Crippen molar-refractivity contribution in [2.24, 2.45) is 7.05 Å². The van der Waals surface area contributed by atoms with Crippen LogP contribution in [0.2, 0.25) is 0 Å². The number of thiophene rings is 1. The maximum atomic E-state index is 8.73. The SMILES string of the molecule is CC(NCc1cc(C#N)cs1)c1nncn1C. The van der Waals surface area contributed by atoms with Crippen molar-refractivity contribution in [3.63, 3.8) is 0 Å². The maximum Gasteiger partial charge on any atom is 0.149 e. The van der Waals surface area contributed by atoms with Gasteiger partial charge in [-0.1, -0.05) is 0 Å². The molecule has 6 heteroatoms. The van der Waals surface area contributed by atoms with Gasteiger partial charge < -0.3 is 9.88 Å². The van der Waals surface area contributed by atoms with Crippen LogP contribution >= 0.6 is 11.3 Å². The first-order valence-electron chi connectivity index (χ1n) is 5.25. The number of nitrogens with one attached hydrogen (secondary N) is 1. The van der Waals surface area contributed by atoms with Gasteiger partial charge in [0.1, 0.15) is 18.2 Å². The molecule has 0 radical (unpaired) electrons. The average molecular weight is 247 g/mol. The van der Waals surface area contributed by atoms with E-state index in [4.69, 9.17) is 5.26 Å². The molecule has 0 bridgehead atoms. The van der Waals surface area contributed by atoms with Crippen molar-refractivity contribution in [2.45, 2.75) is 19.5 Å². The fourth-order valence-electron chi connectivity index (χ4n) is 1.56. The number of hydrogen-bond donors (Lipinski definition) is 1. The number of nitriles is 1. The van der Waals surface area contributed by atoms with Gasteiger partial charge in [0.05, 0.1) is 11.6 Å². The highest BCUT2D eigenvalue weighted by Gasteiger charge is 2.10. The Balaban J connectivity index is 1.95. The lowest BCUT2D eigenvalue weighted by atomic mass is 10.3. The van der Waals surface area contributed by atoms with E-state index >= 15 is 0 Å². The van der Waals surface area contributed by atoms with E-state index in [2.05, 4.69) is 21.6 Å². The van der Waals surface area contributed by atoms with Gasteiger partial charge in [-0.3, -0.25) is 0 Å². The molecule has 88 valence electrons. The summed E-state index contributed by atoms with van der Waals surface area (Å²) in [6.07, 6.45) is 1.69. The van der Waals surface area contributed by atoms with Gasteiger partial charge in [0, 0.05) is 23.8 Å². The first-order chi connectivity index (χ1) is 8.20. The Hall–Kier alpha value is -1.71. The van der Waals surface area contributed by atoms with E-state index in [1.165, 1.54) is 0 Å². The van der Waals surface area contributed by atoms with Crippen molar-refractivity contribution in [1.82, 2.24) is 20.1 Å². The van der Waals surface area contributed by atoms with Crippen LogP contribution in [0, 0.1) is 11.3 Å². The minimum Gasteiger partial charge on any atom is -0.319 e. The molecule has 1 N–H and O–H groups in total. The van der Waals surface area contributed by atoms with E-state index in [1.807, 2.05) is 30.0 Å². The van der Waals surface area contributed by atoms with Crippen LogP contribution in [-0.2, 0) is 13.6 Å². The Bertz CT molecular complexity index is 536. The fraction of sp³-hybridized carbons (Fsp3) is 0.364. The molecular formula is C11H13N5S. The standard InChI is InChI=1S/C11H13N5S/c1-8(11-15-14-7-16(11)2)13-5-10-3-9(4-12)6-17-10/h3,6-8,13H,5H2,1-2H3. The highest BCUT2D eigenvalue weighted by molar-refractivity contribution is 7.10. The molecule has 2 rings (SSSR count). The molecule has 0 fully saturated rings. The molecule has 0 aliphatic rings. The summed E-state index contributed by atoms with van der Waals surface area (Å²) in [6.45, 7) is 2.78. The Labute approximate surface area is 104 Å². The van der Waals surface area contributed by atoms with Crippen LogP contribution in [0.4, 0.5) is 0 Å². The molecule has 0 aliphatic heterocycles. The first-order valence-corrected chi connectivity index (χ1v) is 6.13. The molecule has 17 heavy (non-hydrogen) atoms. The zero-order valence-corrected chi connectivity index (χ0v) is 10.5. The topological polar surface area (TPSA) is 66.5 Å². The summed E-state index contributed by atoms with van der Waals surface area (Å²) in [5.41, 5.74) is 0.720. The Kier molecular flexibility index (Phi) is 3.52. The van der Waals surface area contributed by atoms with E-state index in [-0.39, 0.29) is 6.04 Å². The highest BCUT2D eigenvalue weighted by Crippen LogP contribution is 2.15. The summed E-state index contributed by atoms with van der Waals surface area (Å²) in [5.74, 6) is 0.905. The van der Waals surface area contributed by atoms with Gasteiger partial charge in [0.25, 0.3) is 0 Å². The largest absolute Gasteiger partial charge is 0.319 e. The van der Waals surface area contributed by atoms with Crippen molar-refractivity contribution in [3.8, 4) is 6.07 Å². The Morgan fingerprint density at radius 3 is 3.06 bits per heavy atom.